The highest BCUT2D eigenvalue weighted by molar-refractivity contribution is 6.20. The summed E-state index contributed by atoms with van der Waals surface area (Å²) in [5.74, 6) is 0.477. The van der Waals surface area contributed by atoms with Crippen molar-refractivity contribution >= 4 is 23.4 Å². The third kappa shape index (κ3) is 4.81. The van der Waals surface area contributed by atoms with Gasteiger partial charge in [-0.05, 0) is 62.8 Å². The Bertz CT molecular complexity index is 802. The van der Waals surface area contributed by atoms with E-state index in [1.165, 1.54) is 11.1 Å². The van der Waals surface area contributed by atoms with Gasteiger partial charge in [0, 0.05) is 19.8 Å². The molecule has 0 saturated heterocycles. The summed E-state index contributed by atoms with van der Waals surface area (Å²) in [6.07, 6.45) is 3.88. The molecule has 0 aliphatic carbocycles. The highest BCUT2D eigenvalue weighted by Gasteiger charge is 2.39. The van der Waals surface area contributed by atoms with Crippen LogP contribution in [0.15, 0.2) is 38.5 Å². The summed E-state index contributed by atoms with van der Waals surface area (Å²) < 4.78 is 5.34. The summed E-state index contributed by atoms with van der Waals surface area (Å²) in [4.78, 5) is 21.5. The zero-order chi connectivity index (χ0) is 19.9. The first-order chi connectivity index (χ1) is 13.6. The number of amidine groups is 1. The number of guanidine groups is 1. The summed E-state index contributed by atoms with van der Waals surface area (Å²) in [5, 5.41) is 12.7. The van der Waals surface area contributed by atoms with Gasteiger partial charge in [-0.15, -0.1) is 5.11 Å². The monoisotopic (exact) mass is 384 g/mol. The molecule has 0 radical (unpaired) electrons. The standard InChI is InChI=1S/C20H28N6O2/c1-4-15-13-16(10-9-14(15)3)21-20-22-18-17(19(27)23-20)26(25-24-18)11-7-6-8-12-28-5-2/h9-10,13,17H,4-8,11-12H2,1-3H3,(H,21,23,27). The molecule has 1 unspecified atom stereocenters. The number of ether oxygens (including phenoxy) is 1. The lowest BCUT2D eigenvalue weighted by Gasteiger charge is -2.23. The first-order valence-electron chi connectivity index (χ1n) is 9.96. The van der Waals surface area contributed by atoms with Crippen molar-refractivity contribution in [3.63, 3.8) is 0 Å². The molecular formula is C20H28N6O2. The molecule has 0 fully saturated rings. The number of aryl methyl sites for hydroxylation is 2. The minimum atomic E-state index is -0.560. The fourth-order valence-corrected chi connectivity index (χ4v) is 3.25. The number of carbonyl (C=O) groups is 1. The topological polar surface area (TPSA) is 91.0 Å². The van der Waals surface area contributed by atoms with Crippen LogP contribution in [0.25, 0.3) is 0 Å². The van der Waals surface area contributed by atoms with Gasteiger partial charge in [-0.25, -0.2) is 4.99 Å². The summed E-state index contributed by atoms with van der Waals surface area (Å²) >= 11 is 0. The Labute approximate surface area is 165 Å². The zero-order valence-electron chi connectivity index (χ0n) is 16.8. The van der Waals surface area contributed by atoms with E-state index in [2.05, 4.69) is 39.5 Å². The lowest BCUT2D eigenvalue weighted by Crippen LogP contribution is -2.51. The van der Waals surface area contributed by atoms with E-state index in [1.807, 2.05) is 25.1 Å². The largest absolute Gasteiger partial charge is 0.382 e. The molecule has 1 N–H and O–H groups in total. The molecule has 2 heterocycles. The number of fused-ring (bicyclic) bond motifs is 1. The molecule has 8 heteroatoms. The molecule has 150 valence electrons. The molecule has 0 bridgehead atoms. The third-order valence-electron chi connectivity index (χ3n) is 4.84. The van der Waals surface area contributed by atoms with Crippen LogP contribution in [0.5, 0.6) is 0 Å². The summed E-state index contributed by atoms with van der Waals surface area (Å²) in [7, 11) is 0. The van der Waals surface area contributed by atoms with Gasteiger partial charge in [-0.1, -0.05) is 18.2 Å². The Morgan fingerprint density at radius 3 is 2.89 bits per heavy atom. The van der Waals surface area contributed by atoms with E-state index < -0.39 is 6.04 Å². The second-order valence-electron chi connectivity index (χ2n) is 6.87. The summed E-state index contributed by atoms with van der Waals surface area (Å²) in [6, 6.07) is 5.41. The molecule has 28 heavy (non-hydrogen) atoms. The number of rotatable bonds is 9. The number of hydrogen-bond donors (Lipinski definition) is 1. The molecule has 1 amide bonds. The highest BCUT2D eigenvalue weighted by Crippen LogP contribution is 2.21. The van der Waals surface area contributed by atoms with Crippen LogP contribution in [-0.4, -0.2) is 48.5 Å². The van der Waals surface area contributed by atoms with Gasteiger partial charge in [0.2, 0.25) is 5.96 Å². The summed E-state index contributed by atoms with van der Waals surface area (Å²) in [5.41, 5.74) is 3.22. The van der Waals surface area contributed by atoms with E-state index in [1.54, 1.807) is 5.01 Å². The van der Waals surface area contributed by atoms with Gasteiger partial charge in [0.15, 0.2) is 11.9 Å². The van der Waals surface area contributed by atoms with Crippen LogP contribution in [0.3, 0.4) is 0 Å². The Kier molecular flexibility index (Phi) is 6.86. The maximum absolute atomic E-state index is 12.6. The molecule has 0 aromatic heterocycles. The van der Waals surface area contributed by atoms with Crippen LogP contribution in [0.1, 0.15) is 44.2 Å². The molecular weight excluding hydrogens is 356 g/mol. The average Bonchev–Trinajstić information content (AvgIpc) is 3.09. The Morgan fingerprint density at radius 1 is 1.25 bits per heavy atom. The van der Waals surface area contributed by atoms with Crippen LogP contribution in [0.2, 0.25) is 0 Å². The van der Waals surface area contributed by atoms with Crippen LogP contribution >= 0.6 is 0 Å². The van der Waals surface area contributed by atoms with Crippen molar-refractivity contribution in [1.29, 1.82) is 0 Å². The number of carbonyl (C=O) groups excluding carboxylic acids is 1. The van der Waals surface area contributed by atoms with Crippen LogP contribution < -0.4 is 5.32 Å². The molecule has 1 aromatic carbocycles. The Morgan fingerprint density at radius 2 is 2.11 bits per heavy atom. The normalized spacial score (nSPS) is 19.8. The predicted molar refractivity (Wildman–Crippen MR) is 109 cm³/mol. The minimum absolute atomic E-state index is 0.189. The minimum Gasteiger partial charge on any atom is -0.382 e. The number of aliphatic imine (C=N–C) groups is 2. The van der Waals surface area contributed by atoms with Crippen molar-refractivity contribution in [3.05, 3.63) is 29.3 Å². The number of benzene rings is 1. The van der Waals surface area contributed by atoms with Gasteiger partial charge in [-0.2, -0.15) is 4.99 Å². The highest BCUT2D eigenvalue weighted by atomic mass is 16.5. The fraction of sp³-hybridized carbons (Fsp3) is 0.550. The lowest BCUT2D eigenvalue weighted by atomic mass is 10.1. The quantitative estimate of drug-likeness (QED) is 0.662. The predicted octanol–water partition coefficient (Wildman–Crippen LogP) is 3.33. The Balaban J connectivity index is 1.63. The van der Waals surface area contributed by atoms with Crippen molar-refractivity contribution in [2.45, 2.75) is 52.5 Å². The van der Waals surface area contributed by atoms with Gasteiger partial charge in [0.1, 0.15) is 0 Å². The van der Waals surface area contributed by atoms with E-state index in [0.29, 0.717) is 12.4 Å². The molecule has 2 aliphatic rings. The molecule has 0 saturated carbocycles. The second kappa shape index (κ2) is 9.54. The first-order valence-corrected chi connectivity index (χ1v) is 9.96. The lowest BCUT2D eigenvalue weighted by molar-refractivity contribution is -0.122. The fourth-order valence-electron chi connectivity index (χ4n) is 3.25. The van der Waals surface area contributed by atoms with Crippen LogP contribution in [-0.2, 0) is 16.0 Å². The molecule has 1 aromatic rings. The molecule has 0 spiro atoms. The molecule has 3 rings (SSSR count). The SMILES string of the molecule is CCOCCCCCN1N=NC2=NC(=Nc3ccc(C)c(CC)c3)NC(=O)C21. The Hall–Kier alpha value is -2.61. The van der Waals surface area contributed by atoms with Crippen molar-refractivity contribution in [2.24, 2.45) is 20.3 Å². The molecule has 1 atom stereocenters. The van der Waals surface area contributed by atoms with E-state index in [9.17, 15) is 4.79 Å². The van der Waals surface area contributed by atoms with Crippen LogP contribution in [0, 0.1) is 6.92 Å². The van der Waals surface area contributed by atoms with E-state index >= 15 is 0 Å². The van der Waals surface area contributed by atoms with Crippen LogP contribution in [0.4, 0.5) is 5.69 Å². The average molecular weight is 384 g/mol. The van der Waals surface area contributed by atoms with Gasteiger partial charge in [0.05, 0.1) is 5.69 Å². The van der Waals surface area contributed by atoms with Gasteiger partial charge in [-0.3, -0.25) is 15.1 Å². The first kappa shape index (κ1) is 20.1. The maximum Gasteiger partial charge on any atom is 0.259 e. The van der Waals surface area contributed by atoms with Crippen molar-refractivity contribution in [2.75, 3.05) is 19.8 Å². The summed E-state index contributed by atoms with van der Waals surface area (Å²) in [6.45, 7) is 8.36. The number of hydrogen-bond acceptors (Lipinski definition) is 6. The number of unbranched alkanes of at least 4 members (excludes halogenated alkanes) is 2. The smallest absolute Gasteiger partial charge is 0.259 e. The van der Waals surface area contributed by atoms with E-state index in [-0.39, 0.29) is 11.9 Å². The molecule has 2 aliphatic heterocycles. The van der Waals surface area contributed by atoms with Crippen molar-refractivity contribution < 1.29 is 9.53 Å². The molecule has 8 nitrogen and oxygen atoms in total. The van der Waals surface area contributed by atoms with Crippen molar-refractivity contribution in [1.82, 2.24) is 10.3 Å². The van der Waals surface area contributed by atoms with Gasteiger partial charge >= 0.3 is 0 Å². The van der Waals surface area contributed by atoms with Gasteiger partial charge < -0.3 is 4.74 Å². The maximum atomic E-state index is 12.6. The van der Waals surface area contributed by atoms with Gasteiger partial charge in [0.25, 0.3) is 5.91 Å². The number of nitrogens with one attached hydrogen (secondary N) is 1. The number of amides is 1. The second-order valence-corrected chi connectivity index (χ2v) is 6.87. The third-order valence-corrected chi connectivity index (χ3v) is 4.84. The zero-order valence-corrected chi connectivity index (χ0v) is 16.8. The van der Waals surface area contributed by atoms with Crippen molar-refractivity contribution in [3.8, 4) is 0 Å². The van der Waals surface area contributed by atoms with E-state index in [0.717, 1.165) is 44.6 Å². The number of nitrogens with zero attached hydrogens (tertiary/aromatic N) is 5. The van der Waals surface area contributed by atoms with E-state index in [4.69, 9.17) is 4.74 Å².